The van der Waals surface area contributed by atoms with E-state index >= 15 is 0 Å². The van der Waals surface area contributed by atoms with E-state index in [1.54, 1.807) is 0 Å². The van der Waals surface area contributed by atoms with Crippen LogP contribution in [0.2, 0.25) is 0 Å². The Kier molecular flexibility index (Phi) is 2.48. The third-order valence-corrected chi connectivity index (χ3v) is 3.20. The summed E-state index contributed by atoms with van der Waals surface area (Å²) in [6.45, 7) is 0. The Morgan fingerprint density at radius 2 is 2.12 bits per heavy atom. The number of benzene rings is 1. The topological polar surface area (TPSA) is 69.9 Å². The average molecular weight is 288 g/mol. The smallest absolute Gasteiger partial charge is 0.235 e. The fraction of sp³-hybridized carbons (Fsp3) is 0.300. The molecule has 0 saturated heterocycles. The Balaban J connectivity index is 2.69. The summed E-state index contributed by atoms with van der Waals surface area (Å²) in [6.07, 6.45) is 2.26. The van der Waals surface area contributed by atoms with Crippen molar-refractivity contribution < 1.29 is 19.4 Å². The van der Waals surface area contributed by atoms with Gasteiger partial charge in [-0.3, -0.25) is 0 Å². The highest BCUT2D eigenvalue weighted by atomic mass is 79.9. The van der Waals surface area contributed by atoms with Gasteiger partial charge in [0.2, 0.25) is 6.08 Å². The first-order valence-electron chi connectivity index (χ1n) is 4.51. The number of phenols is 2. The van der Waals surface area contributed by atoms with Gasteiger partial charge in [0.25, 0.3) is 0 Å². The molecule has 84 valence electrons. The molecule has 2 N–H and O–H groups in total. The lowest BCUT2D eigenvalue weighted by Crippen LogP contribution is -2.06. The van der Waals surface area contributed by atoms with Crippen LogP contribution in [0, 0.1) is 5.82 Å². The molecule has 0 aromatic heterocycles. The number of phenolic OH excluding ortho intramolecular Hbond substituents is 2. The predicted molar refractivity (Wildman–Crippen MR) is 56.5 cm³/mol. The number of hydrogen-bond acceptors (Lipinski definition) is 4. The number of aliphatic imine (C=N–C) groups is 1. The van der Waals surface area contributed by atoms with Crippen LogP contribution in [0.5, 0.6) is 11.5 Å². The summed E-state index contributed by atoms with van der Waals surface area (Å²) < 4.78 is 13.8. The van der Waals surface area contributed by atoms with Crippen LogP contribution >= 0.6 is 15.9 Å². The van der Waals surface area contributed by atoms with Crippen LogP contribution < -0.4 is 0 Å². The molecule has 0 aliphatic heterocycles. The van der Waals surface area contributed by atoms with Crippen LogP contribution in [0.25, 0.3) is 0 Å². The zero-order valence-electron chi connectivity index (χ0n) is 8.00. The number of carbonyl (C=O) groups excluding carboxylic acids is 1. The number of halogens is 2. The first kappa shape index (κ1) is 11.1. The van der Waals surface area contributed by atoms with Crippen LogP contribution in [-0.2, 0) is 10.3 Å². The van der Waals surface area contributed by atoms with Crippen molar-refractivity contribution in [1.82, 2.24) is 0 Å². The summed E-state index contributed by atoms with van der Waals surface area (Å²) in [5, 5.41) is 19.0. The van der Waals surface area contributed by atoms with Gasteiger partial charge >= 0.3 is 0 Å². The van der Waals surface area contributed by atoms with E-state index < -0.39 is 22.9 Å². The van der Waals surface area contributed by atoms with Crippen LogP contribution in [-0.4, -0.2) is 16.3 Å². The summed E-state index contributed by atoms with van der Waals surface area (Å²) in [7, 11) is 0. The fourth-order valence-electron chi connectivity index (χ4n) is 1.65. The molecule has 16 heavy (non-hydrogen) atoms. The van der Waals surface area contributed by atoms with Crippen LogP contribution in [0.3, 0.4) is 0 Å². The van der Waals surface area contributed by atoms with Gasteiger partial charge < -0.3 is 10.2 Å². The van der Waals surface area contributed by atoms with Crippen molar-refractivity contribution in [3.05, 3.63) is 21.9 Å². The third-order valence-electron chi connectivity index (χ3n) is 2.62. The van der Waals surface area contributed by atoms with Gasteiger partial charge in [0, 0.05) is 6.07 Å². The zero-order valence-corrected chi connectivity index (χ0v) is 9.58. The molecule has 0 bridgehead atoms. The minimum absolute atomic E-state index is 0.0187. The Morgan fingerprint density at radius 1 is 1.50 bits per heavy atom. The second-order valence-electron chi connectivity index (χ2n) is 3.65. The second-order valence-corrected chi connectivity index (χ2v) is 4.50. The lowest BCUT2D eigenvalue weighted by atomic mass is 10.0. The van der Waals surface area contributed by atoms with Gasteiger partial charge in [-0.2, -0.15) is 4.99 Å². The Labute approximate surface area is 98.6 Å². The first-order valence-corrected chi connectivity index (χ1v) is 5.30. The standard InChI is InChI=1S/C10H7BrFNO3/c11-5-3-6(15)9(16)7(8(5)12)10(1-2-10)13-4-14/h3,15-16H,1-2H2. The van der Waals surface area contributed by atoms with Gasteiger partial charge in [-0.1, -0.05) is 0 Å². The molecule has 0 spiro atoms. The van der Waals surface area contributed by atoms with Gasteiger partial charge in [0.15, 0.2) is 11.5 Å². The van der Waals surface area contributed by atoms with E-state index in [9.17, 15) is 19.4 Å². The summed E-state index contributed by atoms with van der Waals surface area (Å²) in [4.78, 5) is 13.8. The van der Waals surface area contributed by atoms with Crippen molar-refractivity contribution in [2.45, 2.75) is 18.4 Å². The molecule has 0 atom stereocenters. The molecular formula is C10H7BrFNO3. The molecule has 1 aromatic rings. The van der Waals surface area contributed by atoms with E-state index in [0.717, 1.165) is 6.07 Å². The van der Waals surface area contributed by atoms with Crippen LogP contribution in [0.15, 0.2) is 15.5 Å². The summed E-state index contributed by atoms with van der Waals surface area (Å²) in [5.41, 5.74) is -1.21. The first-order chi connectivity index (χ1) is 7.52. The number of hydrogen-bond donors (Lipinski definition) is 2. The molecular weight excluding hydrogens is 281 g/mol. The van der Waals surface area contributed by atoms with Gasteiger partial charge in [0.05, 0.1) is 10.0 Å². The predicted octanol–water partition coefficient (Wildman–Crippen LogP) is 2.32. The van der Waals surface area contributed by atoms with E-state index in [1.165, 1.54) is 6.08 Å². The van der Waals surface area contributed by atoms with Crippen molar-refractivity contribution >= 4 is 22.0 Å². The molecule has 0 amide bonds. The van der Waals surface area contributed by atoms with E-state index in [1.807, 2.05) is 0 Å². The lowest BCUT2D eigenvalue weighted by molar-refractivity contribution is 0.386. The third kappa shape index (κ3) is 1.50. The highest BCUT2D eigenvalue weighted by Gasteiger charge is 2.49. The van der Waals surface area contributed by atoms with Gasteiger partial charge in [0.1, 0.15) is 11.4 Å². The molecule has 0 heterocycles. The normalized spacial score (nSPS) is 16.6. The van der Waals surface area contributed by atoms with E-state index in [2.05, 4.69) is 20.9 Å². The maximum Gasteiger partial charge on any atom is 0.235 e. The SMILES string of the molecule is O=C=NC1(c2c(O)c(O)cc(Br)c2F)CC1. The molecule has 4 nitrogen and oxygen atoms in total. The molecule has 1 aliphatic rings. The van der Waals surface area contributed by atoms with Crippen molar-refractivity contribution in [2.24, 2.45) is 4.99 Å². The van der Waals surface area contributed by atoms with Gasteiger partial charge in [-0.05, 0) is 28.8 Å². The number of isocyanates is 1. The molecule has 6 heteroatoms. The van der Waals surface area contributed by atoms with E-state index in [-0.39, 0.29) is 10.0 Å². The monoisotopic (exact) mass is 287 g/mol. The summed E-state index contributed by atoms with van der Waals surface area (Å²) in [6, 6.07) is 1.05. The summed E-state index contributed by atoms with van der Waals surface area (Å²) >= 11 is 2.92. The highest BCUT2D eigenvalue weighted by molar-refractivity contribution is 9.10. The van der Waals surface area contributed by atoms with Crippen LogP contribution in [0.1, 0.15) is 18.4 Å². The maximum absolute atomic E-state index is 13.8. The number of aromatic hydroxyl groups is 2. The fourth-order valence-corrected chi connectivity index (χ4v) is 2.07. The Hall–Kier alpha value is -1.39. The Bertz CT molecular complexity index is 481. The van der Waals surface area contributed by atoms with Crippen molar-refractivity contribution in [3.8, 4) is 11.5 Å². The number of rotatable bonds is 2. The molecule has 1 saturated carbocycles. The minimum atomic E-state index is -1.06. The molecule has 0 unspecified atom stereocenters. The van der Waals surface area contributed by atoms with E-state index in [4.69, 9.17) is 0 Å². The maximum atomic E-state index is 13.8. The van der Waals surface area contributed by atoms with Crippen LogP contribution in [0.4, 0.5) is 4.39 Å². The molecule has 1 fully saturated rings. The highest BCUT2D eigenvalue weighted by Crippen LogP contribution is 2.55. The van der Waals surface area contributed by atoms with Crippen molar-refractivity contribution in [1.29, 1.82) is 0 Å². The molecule has 0 radical (unpaired) electrons. The second kappa shape index (κ2) is 3.57. The van der Waals surface area contributed by atoms with Gasteiger partial charge in [-0.25, -0.2) is 9.18 Å². The van der Waals surface area contributed by atoms with Gasteiger partial charge in [-0.15, -0.1) is 0 Å². The quantitative estimate of drug-likeness (QED) is 0.498. The summed E-state index contributed by atoms with van der Waals surface area (Å²) in [5.74, 6) is -1.74. The van der Waals surface area contributed by atoms with E-state index in [0.29, 0.717) is 12.8 Å². The molecule has 1 aromatic carbocycles. The molecule has 1 aliphatic carbocycles. The average Bonchev–Trinajstić information content (AvgIpc) is 2.97. The largest absolute Gasteiger partial charge is 0.504 e. The minimum Gasteiger partial charge on any atom is -0.504 e. The number of nitrogens with zero attached hydrogens (tertiary/aromatic N) is 1. The zero-order chi connectivity index (χ0) is 11.9. The Morgan fingerprint density at radius 3 is 2.62 bits per heavy atom. The van der Waals surface area contributed by atoms with Crippen molar-refractivity contribution in [3.63, 3.8) is 0 Å². The lowest BCUT2D eigenvalue weighted by Gasteiger charge is -2.13. The molecule has 2 rings (SSSR count). The van der Waals surface area contributed by atoms with Crippen molar-refractivity contribution in [2.75, 3.05) is 0 Å².